The van der Waals surface area contributed by atoms with Gasteiger partial charge in [-0.05, 0) is 49.4 Å². The van der Waals surface area contributed by atoms with E-state index < -0.39 is 0 Å². The number of halogens is 2. The van der Waals surface area contributed by atoms with Crippen LogP contribution < -0.4 is 5.32 Å². The molecule has 2 aromatic carbocycles. The van der Waals surface area contributed by atoms with Crippen LogP contribution in [0.2, 0.25) is 10.0 Å². The molecular formula is C19H21Cl2NO. The molecule has 0 bridgehead atoms. The Morgan fingerprint density at radius 3 is 2.30 bits per heavy atom. The molecule has 23 heavy (non-hydrogen) atoms. The summed E-state index contributed by atoms with van der Waals surface area (Å²) in [4.78, 5) is 11.9. The number of carbonyl (C=O) groups is 1. The first-order valence-corrected chi connectivity index (χ1v) is 8.57. The molecule has 0 heterocycles. The SMILES string of the molecule is Cc1ccc(CCCNC(=O)CCc2c(Cl)cccc2Cl)cc1. The van der Waals surface area contributed by atoms with Crippen LogP contribution in [0.25, 0.3) is 0 Å². The fourth-order valence-electron chi connectivity index (χ4n) is 2.37. The molecule has 0 aliphatic rings. The van der Waals surface area contributed by atoms with E-state index in [-0.39, 0.29) is 5.91 Å². The monoisotopic (exact) mass is 349 g/mol. The maximum absolute atomic E-state index is 11.9. The Balaban J connectivity index is 1.68. The van der Waals surface area contributed by atoms with Crippen molar-refractivity contribution in [3.05, 3.63) is 69.2 Å². The summed E-state index contributed by atoms with van der Waals surface area (Å²) in [5.41, 5.74) is 3.40. The Morgan fingerprint density at radius 2 is 1.65 bits per heavy atom. The minimum absolute atomic E-state index is 0.0323. The van der Waals surface area contributed by atoms with Crippen molar-refractivity contribution in [3.63, 3.8) is 0 Å². The third kappa shape index (κ3) is 5.89. The molecule has 1 N–H and O–H groups in total. The van der Waals surface area contributed by atoms with Gasteiger partial charge in [-0.25, -0.2) is 0 Å². The van der Waals surface area contributed by atoms with Crippen molar-refractivity contribution in [2.45, 2.75) is 32.6 Å². The van der Waals surface area contributed by atoms with Gasteiger partial charge in [-0.2, -0.15) is 0 Å². The van der Waals surface area contributed by atoms with Crippen molar-refractivity contribution in [2.75, 3.05) is 6.54 Å². The number of benzene rings is 2. The highest BCUT2D eigenvalue weighted by molar-refractivity contribution is 6.36. The van der Waals surface area contributed by atoms with E-state index in [2.05, 4.69) is 36.5 Å². The van der Waals surface area contributed by atoms with Crippen LogP contribution in [0.1, 0.15) is 29.5 Å². The molecule has 0 radical (unpaired) electrons. The lowest BCUT2D eigenvalue weighted by molar-refractivity contribution is -0.121. The zero-order valence-corrected chi connectivity index (χ0v) is 14.8. The third-order valence-corrected chi connectivity index (χ3v) is 4.46. The molecule has 0 spiro atoms. The summed E-state index contributed by atoms with van der Waals surface area (Å²) in [7, 11) is 0. The van der Waals surface area contributed by atoms with E-state index in [4.69, 9.17) is 23.2 Å². The second kappa shape index (κ2) is 8.95. The summed E-state index contributed by atoms with van der Waals surface area (Å²) in [6.45, 7) is 2.76. The van der Waals surface area contributed by atoms with Gasteiger partial charge in [0, 0.05) is 23.0 Å². The van der Waals surface area contributed by atoms with E-state index in [9.17, 15) is 4.79 Å². The first-order valence-electron chi connectivity index (χ1n) is 7.81. The molecule has 0 aliphatic heterocycles. The first kappa shape index (κ1) is 17.8. The Labute approximate surface area is 147 Å². The fraction of sp³-hybridized carbons (Fsp3) is 0.316. The number of nitrogens with one attached hydrogen (secondary N) is 1. The zero-order valence-electron chi connectivity index (χ0n) is 13.2. The molecule has 0 aromatic heterocycles. The summed E-state index contributed by atoms with van der Waals surface area (Å²) >= 11 is 12.2. The van der Waals surface area contributed by atoms with Gasteiger partial charge in [0.25, 0.3) is 0 Å². The van der Waals surface area contributed by atoms with Gasteiger partial charge in [-0.15, -0.1) is 0 Å². The second-order valence-electron chi connectivity index (χ2n) is 5.64. The lowest BCUT2D eigenvalue weighted by Crippen LogP contribution is -2.25. The second-order valence-corrected chi connectivity index (χ2v) is 6.45. The minimum atomic E-state index is 0.0323. The quantitative estimate of drug-likeness (QED) is 0.701. The van der Waals surface area contributed by atoms with Gasteiger partial charge in [-0.3, -0.25) is 4.79 Å². The van der Waals surface area contributed by atoms with E-state index in [1.165, 1.54) is 11.1 Å². The Hall–Kier alpha value is -1.51. The molecule has 122 valence electrons. The average molecular weight is 350 g/mol. The molecular weight excluding hydrogens is 329 g/mol. The van der Waals surface area contributed by atoms with Crippen LogP contribution >= 0.6 is 23.2 Å². The van der Waals surface area contributed by atoms with Gasteiger partial charge in [-0.1, -0.05) is 59.1 Å². The molecule has 0 saturated heterocycles. The first-order chi connectivity index (χ1) is 11.1. The summed E-state index contributed by atoms with van der Waals surface area (Å²) in [5, 5.41) is 4.18. The predicted octanol–water partition coefficient (Wildman–Crippen LogP) is 4.98. The molecule has 0 unspecified atom stereocenters. The maximum atomic E-state index is 11.9. The van der Waals surface area contributed by atoms with Crippen molar-refractivity contribution in [3.8, 4) is 0 Å². The molecule has 0 atom stereocenters. The van der Waals surface area contributed by atoms with Crippen LogP contribution in [0.15, 0.2) is 42.5 Å². The molecule has 0 saturated carbocycles. The minimum Gasteiger partial charge on any atom is -0.356 e. The molecule has 4 heteroatoms. The highest BCUT2D eigenvalue weighted by Gasteiger charge is 2.08. The smallest absolute Gasteiger partial charge is 0.220 e. The largest absolute Gasteiger partial charge is 0.356 e. The molecule has 0 aliphatic carbocycles. The number of hydrogen-bond acceptors (Lipinski definition) is 1. The molecule has 1 amide bonds. The lowest BCUT2D eigenvalue weighted by atomic mass is 10.1. The number of carbonyl (C=O) groups excluding carboxylic acids is 1. The number of amides is 1. The number of rotatable bonds is 7. The molecule has 2 rings (SSSR count). The summed E-state index contributed by atoms with van der Waals surface area (Å²) in [6.07, 6.45) is 2.86. The van der Waals surface area contributed by atoms with Gasteiger partial charge in [0.05, 0.1) is 0 Å². The van der Waals surface area contributed by atoms with E-state index in [1.54, 1.807) is 18.2 Å². The van der Waals surface area contributed by atoms with E-state index in [1.807, 2.05) is 0 Å². The van der Waals surface area contributed by atoms with Gasteiger partial charge >= 0.3 is 0 Å². The highest BCUT2D eigenvalue weighted by atomic mass is 35.5. The fourth-order valence-corrected chi connectivity index (χ4v) is 2.96. The third-order valence-electron chi connectivity index (χ3n) is 3.75. The standard InChI is InChI=1S/C19H21Cl2NO/c1-14-7-9-15(10-8-14)4-3-13-22-19(23)12-11-16-17(20)5-2-6-18(16)21/h2,5-10H,3-4,11-13H2,1H3,(H,22,23). The van der Waals surface area contributed by atoms with Crippen molar-refractivity contribution in [1.29, 1.82) is 0 Å². The summed E-state index contributed by atoms with van der Waals surface area (Å²) < 4.78 is 0. The van der Waals surface area contributed by atoms with Gasteiger partial charge in [0.15, 0.2) is 0 Å². The number of aryl methyl sites for hydroxylation is 2. The highest BCUT2D eigenvalue weighted by Crippen LogP contribution is 2.25. The van der Waals surface area contributed by atoms with Crippen LogP contribution in [0.4, 0.5) is 0 Å². The van der Waals surface area contributed by atoms with Crippen molar-refractivity contribution in [2.24, 2.45) is 0 Å². The van der Waals surface area contributed by atoms with Crippen molar-refractivity contribution in [1.82, 2.24) is 5.32 Å². The maximum Gasteiger partial charge on any atom is 0.220 e. The van der Waals surface area contributed by atoms with Gasteiger partial charge in [0.1, 0.15) is 0 Å². The van der Waals surface area contributed by atoms with Crippen molar-refractivity contribution >= 4 is 29.1 Å². The Bertz CT molecular complexity index is 633. The van der Waals surface area contributed by atoms with Gasteiger partial charge < -0.3 is 5.32 Å². The Morgan fingerprint density at radius 1 is 1.00 bits per heavy atom. The summed E-state index contributed by atoms with van der Waals surface area (Å²) in [5.74, 6) is 0.0323. The van der Waals surface area contributed by atoms with Crippen LogP contribution in [0.3, 0.4) is 0 Å². The lowest BCUT2D eigenvalue weighted by Gasteiger charge is -2.08. The zero-order chi connectivity index (χ0) is 16.7. The molecule has 2 nitrogen and oxygen atoms in total. The van der Waals surface area contributed by atoms with Crippen LogP contribution in [0.5, 0.6) is 0 Å². The molecule has 0 fully saturated rings. The molecule has 2 aromatic rings. The predicted molar refractivity (Wildman–Crippen MR) is 97.3 cm³/mol. The Kier molecular flexibility index (Phi) is 6.94. The van der Waals surface area contributed by atoms with Gasteiger partial charge in [0.2, 0.25) is 5.91 Å². The average Bonchev–Trinajstić information content (AvgIpc) is 2.53. The van der Waals surface area contributed by atoms with Crippen LogP contribution in [-0.2, 0) is 17.6 Å². The van der Waals surface area contributed by atoms with Crippen LogP contribution in [-0.4, -0.2) is 12.5 Å². The normalized spacial score (nSPS) is 10.6. The van der Waals surface area contributed by atoms with E-state index in [0.29, 0.717) is 29.4 Å². The van der Waals surface area contributed by atoms with E-state index in [0.717, 1.165) is 18.4 Å². The topological polar surface area (TPSA) is 29.1 Å². The summed E-state index contributed by atoms with van der Waals surface area (Å²) in [6, 6.07) is 13.9. The van der Waals surface area contributed by atoms with Crippen LogP contribution in [0, 0.1) is 6.92 Å². The van der Waals surface area contributed by atoms with E-state index >= 15 is 0 Å². The van der Waals surface area contributed by atoms with Crippen molar-refractivity contribution < 1.29 is 4.79 Å². The number of hydrogen-bond donors (Lipinski definition) is 1.